The number of ether oxygens (including phenoxy) is 2. The van der Waals surface area contributed by atoms with Gasteiger partial charge in [-0.3, -0.25) is 4.79 Å². The van der Waals surface area contributed by atoms with Crippen LogP contribution in [0.25, 0.3) is 0 Å². The Labute approximate surface area is 208 Å². The van der Waals surface area contributed by atoms with E-state index in [1.165, 1.54) is 0 Å². The third-order valence-corrected chi connectivity index (χ3v) is 6.99. The molecule has 0 saturated heterocycles. The monoisotopic (exact) mass is 549 g/mol. The van der Waals surface area contributed by atoms with Gasteiger partial charge >= 0.3 is 0 Å². The van der Waals surface area contributed by atoms with Crippen LogP contribution in [0.15, 0.2) is 46.1 Å². The van der Waals surface area contributed by atoms with Crippen LogP contribution in [0, 0.1) is 0 Å². The molecule has 170 valence electrons. The molecule has 0 bridgehead atoms. The first-order chi connectivity index (χ1) is 16.0. The topological polar surface area (TPSA) is 91.2 Å². The first-order valence-electron chi connectivity index (χ1n) is 10.2. The number of tetrazole rings is 1. The number of carbonyl (C=O) groups excluding carboxylic acids is 1. The van der Waals surface area contributed by atoms with Crippen LogP contribution in [0.1, 0.15) is 36.4 Å². The van der Waals surface area contributed by atoms with Crippen LogP contribution in [0.5, 0.6) is 11.5 Å². The number of hydrogen-bond donors (Lipinski definition) is 1. The fourth-order valence-electron chi connectivity index (χ4n) is 4.15. The number of benzene rings is 2. The third kappa shape index (κ3) is 4.09. The Morgan fingerprint density at radius 1 is 1.21 bits per heavy atom. The van der Waals surface area contributed by atoms with Gasteiger partial charge in [0.25, 0.3) is 0 Å². The maximum atomic E-state index is 12.9. The molecule has 1 atom stereocenters. The van der Waals surface area contributed by atoms with Crippen LogP contribution >= 0.6 is 39.1 Å². The fourth-order valence-corrected chi connectivity index (χ4v) is 5.04. The lowest BCUT2D eigenvalue weighted by molar-refractivity contribution is -0.116. The number of ketones is 1. The summed E-state index contributed by atoms with van der Waals surface area (Å²) in [6.45, 7) is 0.267. The minimum Gasteiger partial charge on any atom is -0.493 e. The first-order valence-corrected chi connectivity index (χ1v) is 11.8. The second-order valence-electron chi connectivity index (χ2n) is 7.71. The van der Waals surface area contributed by atoms with Crippen LogP contribution in [-0.2, 0) is 11.4 Å². The molecule has 0 spiro atoms. The van der Waals surface area contributed by atoms with E-state index in [2.05, 4.69) is 36.8 Å². The molecular formula is C22H18BrCl2N5O3. The Kier molecular flexibility index (Phi) is 6.03. The van der Waals surface area contributed by atoms with Gasteiger partial charge in [-0.2, -0.15) is 4.68 Å². The van der Waals surface area contributed by atoms with E-state index in [1.807, 2.05) is 18.2 Å². The van der Waals surface area contributed by atoms with E-state index >= 15 is 0 Å². The number of nitrogens with zero attached hydrogens (tertiary/aromatic N) is 4. The summed E-state index contributed by atoms with van der Waals surface area (Å²) in [5.41, 5.74) is 3.22. The normalized spacial score (nSPS) is 17.3. The maximum Gasteiger partial charge on any atom is 0.248 e. The Hall–Kier alpha value is -2.62. The molecule has 2 aliphatic rings. The van der Waals surface area contributed by atoms with Gasteiger partial charge in [0.1, 0.15) is 12.6 Å². The summed E-state index contributed by atoms with van der Waals surface area (Å²) in [5.74, 6) is 1.63. The molecule has 2 aromatic carbocycles. The molecule has 0 amide bonds. The van der Waals surface area contributed by atoms with E-state index in [4.69, 9.17) is 32.7 Å². The van der Waals surface area contributed by atoms with Gasteiger partial charge in [0.2, 0.25) is 5.95 Å². The molecular weight excluding hydrogens is 533 g/mol. The summed E-state index contributed by atoms with van der Waals surface area (Å²) >= 11 is 15.7. The lowest BCUT2D eigenvalue weighted by Gasteiger charge is -2.32. The molecule has 0 saturated carbocycles. The number of fused-ring (bicyclic) bond motifs is 1. The number of halogens is 3. The molecule has 0 fully saturated rings. The van der Waals surface area contributed by atoms with Gasteiger partial charge < -0.3 is 14.8 Å². The number of aromatic nitrogens is 4. The van der Waals surface area contributed by atoms with Crippen molar-refractivity contribution >= 4 is 50.9 Å². The fraction of sp³-hybridized carbons (Fsp3) is 0.273. The zero-order valence-corrected chi connectivity index (χ0v) is 20.5. The van der Waals surface area contributed by atoms with Crippen molar-refractivity contribution in [1.82, 2.24) is 20.2 Å². The van der Waals surface area contributed by atoms with Gasteiger partial charge in [0, 0.05) is 17.7 Å². The minimum absolute atomic E-state index is 0.0879. The highest BCUT2D eigenvalue weighted by Crippen LogP contribution is 2.44. The second-order valence-corrected chi connectivity index (χ2v) is 9.38. The van der Waals surface area contributed by atoms with E-state index in [1.54, 1.807) is 23.9 Å². The number of methoxy groups -OCH3 is 1. The van der Waals surface area contributed by atoms with Gasteiger partial charge in [-0.25, -0.2) is 0 Å². The largest absolute Gasteiger partial charge is 0.493 e. The van der Waals surface area contributed by atoms with Crippen LogP contribution < -0.4 is 14.8 Å². The second kappa shape index (κ2) is 8.96. The van der Waals surface area contributed by atoms with Crippen molar-refractivity contribution in [2.45, 2.75) is 31.9 Å². The van der Waals surface area contributed by atoms with Crippen LogP contribution in [0.3, 0.4) is 0 Å². The van der Waals surface area contributed by atoms with Gasteiger partial charge in [-0.1, -0.05) is 34.4 Å². The van der Waals surface area contributed by atoms with Crippen molar-refractivity contribution in [2.24, 2.45) is 0 Å². The Morgan fingerprint density at radius 2 is 2.06 bits per heavy atom. The van der Waals surface area contributed by atoms with Gasteiger partial charge in [0.05, 0.1) is 21.6 Å². The highest BCUT2D eigenvalue weighted by atomic mass is 79.9. The van der Waals surface area contributed by atoms with Crippen molar-refractivity contribution in [1.29, 1.82) is 0 Å². The number of nitrogens with one attached hydrogen (secondary N) is 1. The van der Waals surface area contributed by atoms with E-state index < -0.39 is 6.04 Å². The molecule has 8 nitrogen and oxygen atoms in total. The molecule has 33 heavy (non-hydrogen) atoms. The van der Waals surface area contributed by atoms with Gasteiger partial charge in [0.15, 0.2) is 17.3 Å². The molecule has 0 radical (unpaired) electrons. The van der Waals surface area contributed by atoms with E-state index in [9.17, 15) is 4.79 Å². The smallest absolute Gasteiger partial charge is 0.248 e. The molecule has 1 aliphatic heterocycles. The average Bonchev–Trinajstić information content (AvgIpc) is 3.27. The molecule has 2 heterocycles. The third-order valence-electron chi connectivity index (χ3n) is 5.66. The van der Waals surface area contributed by atoms with E-state index in [0.29, 0.717) is 44.0 Å². The van der Waals surface area contributed by atoms with E-state index in [-0.39, 0.29) is 12.4 Å². The molecule has 1 aromatic heterocycles. The van der Waals surface area contributed by atoms with Crippen molar-refractivity contribution < 1.29 is 14.3 Å². The van der Waals surface area contributed by atoms with Crippen LogP contribution in [0.4, 0.5) is 5.95 Å². The number of hydrogen-bond acceptors (Lipinski definition) is 7. The number of allylic oxidation sites excluding steroid dienone is 2. The van der Waals surface area contributed by atoms with Crippen molar-refractivity contribution in [2.75, 3.05) is 12.4 Å². The van der Waals surface area contributed by atoms with Crippen molar-refractivity contribution in [3.05, 3.63) is 67.2 Å². The number of carbonyl (C=O) groups is 1. The molecule has 1 unspecified atom stereocenters. The molecule has 3 aromatic rings. The SMILES string of the molecule is COc1cc(C2C3=C(CCCC3=O)Nc3nnnn32)cc(Br)c1OCc1ccc(Cl)c(Cl)c1. The van der Waals surface area contributed by atoms with Gasteiger partial charge in [-0.05, 0) is 74.6 Å². The molecule has 1 aliphatic carbocycles. The molecule has 1 N–H and O–H groups in total. The first kappa shape index (κ1) is 22.2. The Balaban J connectivity index is 1.52. The number of anilines is 1. The van der Waals surface area contributed by atoms with Crippen molar-refractivity contribution in [3.8, 4) is 11.5 Å². The quantitative estimate of drug-likeness (QED) is 0.457. The average molecular weight is 551 g/mol. The standard InChI is InChI=1S/C22H18BrCl2N5O3/c1-32-18-9-12(8-13(23)21(18)33-10-11-5-6-14(24)15(25)7-11)20-19-16(3-2-4-17(19)31)26-22-27-28-29-30(20)22/h5-9,20H,2-4,10H2,1H3,(H,26,27,29). The maximum absolute atomic E-state index is 12.9. The van der Waals surface area contributed by atoms with Gasteiger partial charge in [-0.15, -0.1) is 0 Å². The zero-order valence-electron chi connectivity index (χ0n) is 17.4. The van der Waals surface area contributed by atoms with Crippen LogP contribution in [-0.4, -0.2) is 33.1 Å². The van der Waals surface area contributed by atoms with E-state index in [0.717, 1.165) is 29.7 Å². The predicted octanol–water partition coefficient (Wildman–Crippen LogP) is 5.35. The van der Waals surface area contributed by atoms with Crippen molar-refractivity contribution in [3.63, 3.8) is 0 Å². The zero-order chi connectivity index (χ0) is 23.1. The molecule has 11 heteroatoms. The lowest BCUT2D eigenvalue weighted by atomic mass is 9.85. The summed E-state index contributed by atoms with van der Waals surface area (Å²) < 4.78 is 14.0. The highest BCUT2D eigenvalue weighted by Gasteiger charge is 2.37. The Morgan fingerprint density at radius 3 is 2.85 bits per heavy atom. The highest BCUT2D eigenvalue weighted by molar-refractivity contribution is 9.10. The summed E-state index contributed by atoms with van der Waals surface area (Å²) in [4.78, 5) is 12.9. The number of rotatable bonds is 5. The molecule has 5 rings (SSSR count). The predicted molar refractivity (Wildman–Crippen MR) is 127 cm³/mol. The summed E-state index contributed by atoms with van der Waals surface area (Å²) in [6.07, 6.45) is 2.07. The Bertz CT molecular complexity index is 1290. The summed E-state index contributed by atoms with van der Waals surface area (Å²) in [7, 11) is 1.57. The van der Waals surface area contributed by atoms with Crippen LogP contribution in [0.2, 0.25) is 10.0 Å². The summed E-state index contributed by atoms with van der Waals surface area (Å²) in [6, 6.07) is 8.62. The minimum atomic E-state index is -0.464. The number of Topliss-reactive ketones (excluding diaryl/α,β-unsaturated/α-hetero) is 1. The summed E-state index contributed by atoms with van der Waals surface area (Å²) in [5, 5.41) is 16.2. The lowest BCUT2D eigenvalue weighted by Crippen LogP contribution is -2.31.